The Balaban J connectivity index is 3.19. The van der Waals surface area contributed by atoms with Gasteiger partial charge in [0.25, 0.3) is 0 Å². The molecule has 0 amide bonds. The van der Waals surface area contributed by atoms with E-state index in [0.717, 1.165) is 6.20 Å². The van der Waals surface area contributed by atoms with Crippen LogP contribution in [0.3, 0.4) is 0 Å². The van der Waals surface area contributed by atoms with Crippen molar-refractivity contribution in [3.05, 3.63) is 27.1 Å². The van der Waals surface area contributed by atoms with Crippen LogP contribution in [0.4, 0.5) is 13.2 Å². The molecule has 1 heterocycles. The van der Waals surface area contributed by atoms with Crippen LogP contribution >= 0.6 is 22.6 Å². The van der Waals surface area contributed by atoms with Crippen molar-refractivity contribution in [1.29, 1.82) is 0 Å². The molecule has 0 unspecified atom stereocenters. The van der Waals surface area contributed by atoms with Crippen molar-refractivity contribution < 1.29 is 13.2 Å². The zero-order chi connectivity index (χ0) is 9.35. The molecule has 0 bridgehead atoms. The van der Waals surface area contributed by atoms with Gasteiger partial charge in [-0.15, -0.1) is 0 Å². The molecule has 0 fully saturated rings. The Labute approximate surface area is 81.1 Å². The van der Waals surface area contributed by atoms with E-state index in [1.165, 1.54) is 13.0 Å². The van der Waals surface area contributed by atoms with E-state index >= 15 is 0 Å². The first-order valence-corrected chi connectivity index (χ1v) is 4.18. The highest BCUT2D eigenvalue weighted by molar-refractivity contribution is 14.1. The summed E-state index contributed by atoms with van der Waals surface area (Å²) in [6.07, 6.45) is -3.43. The van der Waals surface area contributed by atoms with Gasteiger partial charge in [-0.1, -0.05) is 0 Å². The summed E-state index contributed by atoms with van der Waals surface area (Å²) in [7, 11) is 0. The number of rotatable bonds is 0. The molecule has 0 aliphatic carbocycles. The number of hydrogen-bond acceptors (Lipinski definition) is 1. The van der Waals surface area contributed by atoms with Crippen LogP contribution in [0.15, 0.2) is 12.3 Å². The van der Waals surface area contributed by atoms with E-state index in [1.54, 1.807) is 0 Å². The van der Waals surface area contributed by atoms with Crippen molar-refractivity contribution in [1.82, 2.24) is 4.98 Å². The fourth-order valence-electron chi connectivity index (χ4n) is 0.818. The molecular formula is C7H5F3IN. The molecule has 5 heteroatoms. The van der Waals surface area contributed by atoms with Crippen LogP contribution in [0.1, 0.15) is 11.1 Å². The first-order chi connectivity index (χ1) is 5.41. The van der Waals surface area contributed by atoms with Crippen LogP contribution in [0.5, 0.6) is 0 Å². The second-order valence-electron chi connectivity index (χ2n) is 2.32. The smallest absolute Gasteiger partial charge is 0.250 e. The minimum atomic E-state index is -4.29. The van der Waals surface area contributed by atoms with Gasteiger partial charge in [-0.3, -0.25) is 0 Å². The lowest BCUT2D eigenvalue weighted by Gasteiger charge is -2.08. The van der Waals surface area contributed by atoms with E-state index in [2.05, 4.69) is 4.98 Å². The zero-order valence-corrected chi connectivity index (χ0v) is 8.27. The van der Waals surface area contributed by atoms with E-state index in [4.69, 9.17) is 0 Å². The largest absolute Gasteiger partial charge is 0.418 e. The van der Waals surface area contributed by atoms with E-state index in [1.807, 2.05) is 22.6 Å². The van der Waals surface area contributed by atoms with Crippen LogP contribution in [0, 0.1) is 10.6 Å². The maximum atomic E-state index is 12.1. The first kappa shape index (κ1) is 9.76. The first-order valence-electron chi connectivity index (χ1n) is 3.10. The summed E-state index contributed by atoms with van der Waals surface area (Å²) in [4.78, 5) is 3.57. The third-order valence-electron chi connectivity index (χ3n) is 1.38. The van der Waals surface area contributed by atoms with Gasteiger partial charge >= 0.3 is 6.18 Å². The molecular weight excluding hydrogens is 282 g/mol. The third kappa shape index (κ3) is 2.09. The van der Waals surface area contributed by atoms with Crippen LogP contribution in [0.25, 0.3) is 0 Å². The Hall–Kier alpha value is -0.330. The molecule has 1 aromatic heterocycles. The summed E-state index contributed by atoms with van der Waals surface area (Å²) in [6, 6.07) is 1.41. The van der Waals surface area contributed by atoms with E-state index in [0.29, 0.717) is 3.70 Å². The second-order valence-corrected chi connectivity index (χ2v) is 3.42. The number of alkyl halides is 3. The van der Waals surface area contributed by atoms with Crippen LogP contribution in [-0.2, 0) is 6.18 Å². The third-order valence-corrected chi connectivity index (χ3v) is 1.97. The summed E-state index contributed by atoms with van der Waals surface area (Å²) >= 11 is 1.87. The predicted molar refractivity (Wildman–Crippen MR) is 46.7 cm³/mol. The van der Waals surface area contributed by atoms with Crippen molar-refractivity contribution in [2.75, 3.05) is 0 Å². The topological polar surface area (TPSA) is 12.9 Å². The van der Waals surface area contributed by atoms with Crippen molar-refractivity contribution in [2.24, 2.45) is 0 Å². The minimum Gasteiger partial charge on any atom is -0.250 e. The average Bonchev–Trinajstić information content (AvgIpc) is 1.83. The maximum absolute atomic E-state index is 12.1. The van der Waals surface area contributed by atoms with Gasteiger partial charge in [-0.05, 0) is 41.1 Å². The van der Waals surface area contributed by atoms with Gasteiger partial charge in [-0.2, -0.15) is 13.2 Å². The molecule has 0 atom stereocenters. The number of aryl methyl sites for hydroxylation is 1. The summed E-state index contributed by atoms with van der Waals surface area (Å²) in [5.74, 6) is 0. The Morgan fingerprint density at radius 1 is 1.42 bits per heavy atom. The second kappa shape index (κ2) is 3.20. The zero-order valence-electron chi connectivity index (χ0n) is 6.11. The Morgan fingerprint density at radius 2 is 2.00 bits per heavy atom. The van der Waals surface area contributed by atoms with E-state index in [-0.39, 0.29) is 5.56 Å². The lowest BCUT2D eigenvalue weighted by atomic mass is 10.1. The van der Waals surface area contributed by atoms with Crippen LogP contribution in [-0.4, -0.2) is 4.98 Å². The highest BCUT2D eigenvalue weighted by atomic mass is 127. The molecule has 0 saturated heterocycles. The summed E-state index contributed by atoms with van der Waals surface area (Å²) in [5, 5.41) is 0. The summed E-state index contributed by atoms with van der Waals surface area (Å²) < 4.78 is 37.0. The molecule has 0 aliphatic heterocycles. The maximum Gasteiger partial charge on any atom is 0.418 e. The fourth-order valence-corrected chi connectivity index (χ4v) is 1.42. The van der Waals surface area contributed by atoms with Gasteiger partial charge in [-0.25, -0.2) is 4.98 Å². The molecule has 66 valence electrons. The van der Waals surface area contributed by atoms with Crippen molar-refractivity contribution in [3.8, 4) is 0 Å². The normalized spacial score (nSPS) is 11.8. The monoisotopic (exact) mass is 287 g/mol. The number of aromatic nitrogens is 1. The molecule has 0 spiro atoms. The highest BCUT2D eigenvalue weighted by Crippen LogP contribution is 2.31. The predicted octanol–water partition coefficient (Wildman–Crippen LogP) is 3.01. The molecule has 0 aromatic carbocycles. The van der Waals surface area contributed by atoms with E-state index in [9.17, 15) is 13.2 Å². The lowest BCUT2D eigenvalue weighted by molar-refractivity contribution is -0.138. The number of nitrogens with zero attached hydrogens (tertiary/aromatic N) is 1. The molecule has 0 saturated carbocycles. The van der Waals surface area contributed by atoms with Gasteiger partial charge in [0.05, 0.1) is 5.56 Å². The SMILES string of the molecule is Cc1cc(I)ncc1C(F)(F)F. The number of hydrogen-bond donors (Lipinski definition) is 0. The highest BCUT2D eigenvalue weighted by Gasteiger charge is 2.32. The number of pyridine rings is 1. The summed E-state index contributed by atoms with van der Waals surface area (Å²) in [6.45, 7) is 1.42. The lowest BCUT2D eigenvalue weighted by Crippen LogP contribution is -2.08. The van der Waals surface area contributed by atoms with Gasteiger partial charge in [0.2, 0.25) is 0 Å². The molecule has 1 nitrogen and oxygen atoms in total. The Morgan fingerprint density at radius 3 is 2.42 bits per heavy atom. The van der Waals surface area contributed by atoms with Gasteiger partial charge in [0.15, 0.2) is 0 Å². The van der Waals surface area contributed by atoms with Crippen LogP contribution in [0.2, 0.25) is 0 Å². The summed E-state index contributed by atoms with van der Waals surface area (Å²) in [5.41, 5.74) is -0.454. The van der Waals surface area contributed by atoms with Gasteiger partial charge in [0, 0.05) is 6.20 Å². The van der Waals surface area contributed by atoms with Crippen molar-refractivity contribution >= 4 is 22.6 Å². The quantitative estimate of drug-likeness (QED) is 0.528. The van der Waals surface area contributed by atoms with E-state index < -0.39 is 11.7 Å². The Bertz CT molecular complexity index is 295. The van der Waals surface area contributed by atoms with Gasteiger partial charge < -0.3 is 0 Å². The van der Waals surface area contributed by atoms with Crippen molar-refractivity contribution in [2.45, 2.75) is 13.1 Å². The molecule has 12 heavy (non-hydrogen) atoms. The molecule has 1 rings (SSSR count). The van der Waals surface area contributed by atoms with Gasteiger partial charge in [0.1, 0.15) is 3.70 Å². The molecule has 0 radical (unpaired) electrons. The average molecular weight is 287 g/mol. The molecule has 1 aromatic rings. The fraction of sp³-hybridized carbons (Fsp3) is 0.286. The van der Waals surface area contributed by atoms with Crippen LogP contribution < -0.4 is 0 Å². The molecule has 0 N–H and O–H groups in total. The molecule has 0 aliphatic rings. The van der Waals surface area contributed by atoms with Crippen molar-refractivity contribution in [3.63, 3.8) is 0 Å². The minimum absolute atomic E-state index is 0.210. The standard InChI is InChI=1S/C7H5F3IN/c1-4-2-6(11)12-3-5(4)7(8,9)10/h2-3H,1H3. The number of halogens is 4. The Kier molecular flexibility index (Phi) is 2.60.